The van der Waals surface area contributed by atoms with Crippen LogP contribution in [0.5, 0.6) is 0 Å². The van der Waals surface area contributed by atoms with Crippen molar-refractivity contribution in [3.05, 3.63) is 78.4 Å². The number of rotatable bonds is 11. The Balaban J connectivity index is 2.43. The van der Waals surface area contributed by atoms with Gasteiger partial charge < -0.3 is 0 Å². The van der Waals surface area contributed by atoms with Gasteiger partial charge in [-0.25, -0.2) is 0 Å². The first kappa shape index (κ1) is 20.2. The van der Waals surface area contributed by atoms with E-state index in [4.69, 9.17) is 0 Å². The van der Waals surface area contributed by atoms with Crippen LogP contribution in [0.1, 0.15) is 69.9 Å². The van der Waals surface area contributed by atoms with Gasteiger partial charge in [0.15, 0.2) is 0 Å². The van der Waals surface area contributed by atoms with Gasteiger partial charge in [0.2, 0.25) is 0 Å². The highest BCUT2D eigenvalue weighted by atomic mass is 14.2. The second-order valence-corrected chi connectivity index (χ2v) is 7.19. The fraction of sp³-hybridized carbons (Fsp3) is 0.385. The highest BCUT2D eigenvalue weighted by molar-refractivity contribution is 5.91. The molecule has 0 nitrogen and oxygen atoms in total. The minimum atomic E-state index is 1.06. The van der Waals surface area contributed by atoms with Crippen molar-refractivity contribution in [1.82, 2.24) is 0 Å². The quantitative estimate of drug-likeness (QED) is 0.283. The molecule has 0 amide bonds. The first-order chi connectivity index (χ1) is 12.7. The van der Waals surface area contributed by atoms with E-state index in [0.717, 1.165) is 12.8 Å². The van der Waals surface area contributed by atoms with Crippen LogP contribution in [0.4, 0.5) is 0 Å². The normalized spacial score (nSPS) is 11.7. The third-order valence-electron chi connectivity index (χ3n) is 5.06. The lowest BCUT2D eigenvalue weighted by atomic mass is 9.87. The van der Waals surface area contributed by atoms with Crippen molar-refractivity contribution < 1.29 is 0 Å². The first-order valence-electron chi connectivity index (χ1n) is 10.2. The first-order valence-corrected chi connectivity index (χ1v) is 10.2. The summed E-state index contributed by atoms with van der Waals surface area (Å²) in [5, 5.41) is 2.63. The van der Waals surface area contributed by atoms with Crippen molar-refractivity contribution >= 4 is 16.3 Å². The summed E-state index contributed by atoms with van der Waals surface area (Å²) in [6.45, 7) is 12.9. The van der Waals surface area contributed by atoms with Gasteiger partial charge in [0, 0.05) is 0 Å². The third kappa shape index (κ3) is 5.46. The minimum Gasteiger partial charge on any atom is -0.0990 e. The van der Waals surface area contributed by atoms with Gasteiger partial charge in [-0.2, -0.15) is 0 Å². The summed E-state index contributed by atoms with van der Waals surface area (Å²) in [5.74, 6) is 0. The molecule has 0 aliphatic heterocycles. The van der Waals surface area contributed by atoms with Crippen LogP contribution in [0.25, 0.3) is 16.3 Å². The van der Waals surface area contributed by atoms with Crippen LogP contribution in [-0.2, 0) is 6.42 Å². The molecule has 0 saturated carbocycles. The monoisotopic (exact) mass is 346 g/mol. The van der Waals surface area contributed by atoms with Gasteiger partial charge in [-0.15, -0.1) is 0 Å². The molecule has 26 heavy (non-hydrogen) atoms. The van der Waals surface area contributed by atoms with Gasteiger partial charge in [0.1, 0.15) is 0 Å². The predicted molar refractivity (Wildman–Crippen MR) is 119 cm³/mol. The van der Waals surface area contributed by atoms with Gasteiger partial charge in [-0.05, 0) is 64.8 Å². The number of benzene rings is 2. The largest absolute Gasteiger partial charge is 0.0990 e. The SMILES string of the molecule is C=C/C=C(\C(=C)CCCCC)c1cc2ccccc2cc1CCCCC. The Bertz CT molecular complexity index is 761. The van der Waals surface area contributed by atoms with Crippen molar-refractivity contribution in [2.75, 3.05) is 0 Å². The van der Waals surface area contributed by atoms with E-state index in [1.54, 1.807) is 0 Å². The van der Waals surface area contributed by atoms with Gasteiger partial charge in [-0.1, -0.05) is 95.2 Å². The number of unbranched alkanes of at least 4 members (excludes halogenated alkanes) is 4. The standard InChI is InChI=1S/C26H34/c1-5-8-10-15-21(4)25(14-7-3)26-20-23-17-13-12-16-22(23)19-24(26)18-11-9-6-2/h7,12-14,16-17,19-20H,3-6,8-11,15,18H2,1-2H3/b25-14+. The minimum absolute atomic E-state index is 1.06. The van der Waals surface area contributed by atoms with E-state index in [0.29, 0.717) is 0 Å². The molecule has 0 aliphatic rings. The van der Waals surface area contributed by atoms with E-state index in [1.165, 1.54) is 71.6 Å². The smallest absolute Gasteiger partial charge is 0.0143 e. The molecule has 0 saturated heterocycles. The zero-order chi connectivity index (χ0) is 18.8. The predicted octanol–water partition coefficient (Wildman–Crippen LogP) is 8.28. The number of allylic oxidation sites excluding steroid dienone is 4. The fourth-order valence-electron chi connectivity index (χ4n) is 3.55. The van der Waals surface area contributed by atoms with Crippen LogP contribution < -0.4 is 0 Å². The average molecular weight is 347 g/mol. The molecular formula is C26H34. The lowest BCUT2D eigenvalue weighted by Gasteiger charge is -2.17. The summed E-state index contributed by atoms with van der Waals surface area (Å²) in [5.41, 5.74) is 5.31. The summed E-state index contributed by atoms with van der Waals surface area (Å²) in [6.07, 6.45) is 13.8. The molecule has 2 aromatic rings. The van der Waals surface area contributed by atoms with Crippen LogP contribution >= 0.6 is 0 Å². The van der Waals surface area contributed by atoms with Crippen LogP contribution in [0.15, 0.2) is 67.3 Å². The molecule has 0 spiro atoms. The molecule has 2 aromatic carbocycles. The van der Waals surface area contributed by atoms with E-state index in [9.17, 15) is 0 Å². The molecule has 2 rings (SSSR count). The highest BCUT2D eigenvalue weighted by Gasteiger charge is 2.12. The Labute approximate surface area is 160 Å². The molecule has 0 bridgehead atoms. The second-order valence-electron chi connectivity index (χ2n) is 7.19. The lowest BCUT2D eigenvalue weighted by molar-refractivity contribution is 0.715. The molecule has 0 unspecified atom stereocenters. The van der Waals surface area contributed by atoms with Gasteiger partial charge >= 0.3 is 0 Å². The van der Waals surface area contributed by atoms with Crippen LogP contribution in [0, 0.1) is 0 Å². The van der Waals surface area contributed by atoms with Gasteiger partial charge in [-0.3, -0.25) is 0 Å². The summed E-state index contributed by atoms with van der Waals surface area (Å²) >= 11 is 0. The highest BCUT2D eigenvalue weighted by Crippen LogP contribution is 2.32. The maximum atomic E-state index is 4.42. The maximum Gasteiger partial charge on any atom is -0.0143 e. The Hall–Kier alpha value is -2.08. The molecule has 0 N–H and O–H groups in total. The molecule has 0 aliphatic carbocycles. The van der Waals surface area contributed by atoms with E-state index < -0.39 is 0 Å². The van der Waals surface area contributed by atoms with Crippen LogP contribution in [-0.4, -0.2) is 0 Å². The molecule has 0 fully saturated rings. The Morgan fingerprint density at radius 3 is 2.23 bits per heavy atom. The Kier molecular flexibility index (Phi) is 8.41. The number of hydrogen-bond acceptors (Lipinski definition) is 0. The van der Waals surface area contributed by atoms with E-state index in [1.807, 2.05) is 6.08 Å². The molecule has 0 heteroatoms. The Morgan fingerprint density at radius 1 is 0.923 bits per heavy atom. The zero-order valence-corrected chi connectivity index (χ0v) is 16.7. The summed E-state index contributed by atoms with van der Waals surface area (Å²) in [7, 11) is 0. The third-order valence-corrected chi connectivity index (χ3v) is 5.06. The maximum absolute atomic E-state index is 4.42. The molecular weight excluding hydrogens is 312 g/mol. The van der Waals surface area contributed by atoms with E-state index in [-0.39, 0.29) is 0 Å². The van der Waals surface area contributed by atoms with E-state index >= 15 is 0 Å². The van der Waals surface area contributed by atoms with Crippen LogP contribution in [0.3, 0.4) is 0 Å². The van der Waals surface area contributed by atoms with E-state index in [2.05, 4.69) is 69.5 Å². The molecule has 138 valence electrons. The van der Waals surface area contributed by atoms with Crippen molar-refractivity contribution in [3.63, 3.8) is 0 Å². The van der Waals surface area contributed by atoms with Crippen molar-refractivity contribution in [1.29, 1.82) is 0 Å². The van der Waals surface area contributed by atoms with Gasteiger partial charge in [0.05, 0.1) is 0 Å². The zero-order valence-electron chi connectivity index (χ0n) is 16.7. The average Bonchev–Trinajstić information content (AvgIpc) is 2.66. The number of aryl methyl sites for hydroxylation is 1. The molecule has 0 aromatic heterocycles. The summed E-state index contributed by atoms with van der Waals surface area (Å²) in [4.78, 5) is 0. The topological polar surface area (TPSA) is 0 Å². The summed E-state index contributed by atoms with van der Waals surface area (Å²) < 4.78 is 0. The fourth-order valence-corrected chi connectivity index (χ4v) is 3.55. The van der Waals surface area contributed by atoms with Crippen LogP contribution in [0.2, 0.25) is 0 Å². The summed E-state index contributed by atoms with van der Waals surface area (Å²) in [6, 6.07) is 13.4. The second kappa shape index (κ2) is 10.8. The van der Waals surface area contributed by atoms with Crippen molar-refractivity contribution in [2.45, 2.75) is 65.2 Å². The van der Waals surface area contributed by atoms with Crippen molar-refractivity contribution in [3.8, 4) is 0 Å². The molecule has 0 heterocycles. The number of fused-ring (bicyclic) bond motifs is 1. The molecule has 0 atom stereocenters. The van der Waals surface area contributed by atoms with Gasteiger partial charge in [0.25, 0.3) is 0 Å². The Morgan fingerprint density at radius 2 is 1.58 bits per heavy atom. The molecule has 0 radical (unpaired) electrons. The van der Waals surface area contributed by atoms with Crippen molar-refractivity contribution in [2.24, 2.45) is 0 Å². The lowest BCUT2D eigenvalue weighted by Crippen LogP contribution is -1.98. The number of hydrogen-bond donors (Lipinski definition) is 0.